The lowest BCUT2D eigenvalue weighted by molar-refractivity contribution is 0.597. The predicted molar refractivity (Wildman–Crippen MR) is 76.5 cm³/mol. The summed E-state index contributed by atoms with van der Waals surface area (Å²) < 4.78 is 39.6. The molecule has 21 heavy (non-hydrogen) atoms. The zero-order valence-electron chi connectivity index (χ0n) is 11.0. The molecular formula is C14H12FN3O2S. The molecule has 2 rings (SSSR count). The summed E-state index contributed by atoms with van der Waals surface area (Å²) in [5, 5.41) is 8.63. The van der Waals surface area contributed by atoms with Gasteiger partial charge in [-0.3, -0.25) is 9.71 Å². The fourth-order valence-corrected chi connectivity index (χ4v) is 2.75. The molecular weight excluding hydrogens is 293 g/mol. The highest BCUT2D eigenvalue weighted by molar-refractivity contribution is 7.92. The number of aryl methyl sites for hydroxylation is 1. The maximum absolute atomic E-state index is 13.6. The molecule has 1 heterocycles. The Morgan fingerprint density at radius 2 is 2.10 bits per heavy atom. The second-order valence-corrected chi connectivity index (χ2v) is 6.14. The smallest absolute Gasteiger partial charge is 0.233 e. The van der Waals surface area contributed by atoms with E-state index in [1.54, 1.807) is 30.5 Å². The van der Waals surface area contributed by atoms with Crippen LogP contribution < -0.4 is 4.72 Å². The average Bonchev–Trinajstić information content (AvgIpc) is 2.48. The molecule has 1 N–H and O–H groups in total. The van der Waals surface area contributed by atoms with E-state index in [0.717, 1.165) is 6.07 Å². The summed E-state index contributed by atoms with van der Waals surface area (Å²) in [6.07, 6.45) is 1.81. The first-order valence-corrected chi connectivity index (χ1v) is 7.75. The van der Waals surface area contributed by atoms with Crippen LogP contribution in [0, 0.1) is 17.1 Å². The van der Waals surface area contributed by atoms with Gasteiger partial charge < -0.3 is 0 Å². The molecule has 0 aliphatic carbocycles. The van der Waals surface area contributed by atoms with E-state index < -0.39 is 15.8 Å². The molecule has 0 fully saturated rings. The maximum atomic E-state index is 13.6. The van der Waals surface area contributed by atoms with Gasteiger partial charge in [-0.25, -0.2) is 12.8 Å². The minimum Gasteiger partial charge on any atom is -0.281 e. The summed E-state index contributed by atoms with van der Waals surface area (Å²) in [6.45, 7) is 0. The van der Waals surface area contributed by atoms with Crippen LogP contribution in [0.1, 0.15) is 11.3 Å². The van der Waals surface area contributed by atoms with E-state index in [4.69, 9.17) is 5.26 Å². The lowest BCUT2D eigenvalue weighted by Gasteiger charge is -2.08. The van der Waals surface area contributed by atoms with Crippen LogP contribution in [0.25, 0.3) is 0 Å². The van der Waals surface area contributed by atoms with E-state index >= 15 is 0 Å². The predicted octanol–water partition coefficient (Wildman–Crippen LogP) is 2.08. The monoisotopic (exact) mass is 305 g/mol. The van der Waals surface area contributed by atoms with Crippen molar-refractivity contribution in [3.63, 3.8) is 0 Å². The third kappa shape index (κ3) is 4.26. The maximum Gasteiger partial charge on any atom is 0.233 e. The molecule has 0 saturated heterocycles. The van der Waals surface area contributed by atoms with Crippen LogP contribution in [0.4, 0.5) is 10.1 Å². The van der Waals surface area contributed by atoms with Crippen LogP contribution in [-0.4, -0.2) is 19.2 Å². The quantitative estimate of drug-likeness (QED) is 0.916. The van der Waals surface area contributed by atoms with Gasteiger partial charge in [0.1, 0.15) is 5.82 Å². The molecule has 0 saturated carbocycles. The average molecular weight is 305 g/mol. The van der Waals surface area contributed by atoms with Gasteiger partial charge in [0.05, 0.1) is 23.1 Å². The SMILES string of the molecule is N#Cc1ccc(NS(=O)(=O)CCc2ccccn2)c(F)c1. The van der Waals surface area contributed by atoms with Gasteiger partial charge >= 0.3 is 0 Å². The molecule has 0 aliphatic rings. The van der Waals surface area contributed by atoms with Crippen molar-refractivity contribution >= 4 is 15.7 Å². The van der Waals surface area contributed by atoms with E-state index in [-0.39, 0.29) is 23.4 Å². The highest BCUT2D eigenvalue weighted by atomic mass is 32.2. The molecule has 0 atom stereocenters. The Morgan fingerprint density at radius 1 is 1.29 bits per heavy atom. The standard InChI is InChI=1S/C14H12FN3O2S/c15-13-9-11(10-16)4-5-14(13)18-21(19,20)8-6-12-3-1-2-7-17-12/h1-5,7,9,18H,6,8H2. The summed E-state index contributed by atoms with van der Waals surface area (Å²) in [6, 6.07) is 10.6. The molecule has 0 radical (unpaired) electrons. The van der Waals surface area contributed by atoms with Crippen LogP contribution in [-0.2, 0) is 16.4 Å². The van der Waals surface area contributed by atoms with Crippen LogP contribution >= 0.6 is 0 Å². The molecule has 0 spiro atoms. The number of nitriles is 1. The van der Waals surface area contributed by atoms with Crippen molar-refractivity contribution in [3.8, 4) is 6.07 Å². The number of rotatable bonds is 5. The second-order valence-electron chi connectivity index (χ2n) is 4.30. The van der Waals surface area contributed by atoms with E-state index in [1.807, 2.05) is 0 Å². The van der Waals surface area contributed by atoms with Gasteiger partial charge in [-0.1, -0.05) is 6.07 Å². The molecule has 0 aliphatic heterocycles. The summed E-state index contributed by atoms with van der Waals surface area (Å²) in [4.78, 5) is 4.03. The Hall–Kier alpha value is -2.46. The number of benzene rings is 1. The van der Waals surface area contributed by atoms with Gasteiger partial charge in [0.15, 0.2) is 0 Å². The first kappa shape index (κ1) is 14.9. The highest BCUT2D eigenvalue weighted by Crippen LogP contribution is 2.17. The zero-order chi connectivity index (χ0) is 15.3. The van der Waals surface area contributed by atoms with Crippen molar-refractivity contribution in [3.05, 3.63) is 59.7 Å². The Balaban J connectivity index is 2.06. The summed E-state index contributed by atoms with van der Waals surface area (Å²) in [7, 11) is -3.69. The van der Waals surface area contributed by atoms with Crippen molar-refractivity contribution in [2.45, 2.75) is 6.42 Å². The number of sulfonamides is 1. The molecule has 0 amide bonds. The minimum absolute atomic E-state index is 0.129. The third-order valence-corrected chi connectivity index (χ3v) is 3.99. The number of anilines is 1. The number of pyridine rings is 1. The van der Waals surface area contributed by atoms with Crippen molar-refractivity contribution in [1.29, 1.82) is 5.26 Å². The molecule has 108 valence electrons. The van der Waals surface area contributed by atoms with Gasteiger partial charge in [-0.2, -0.15) is 5.26 Å². The molecule has 1 aromatic heterocycles. The van der Waals surface area contributed by atoms with Gasteiger partial charge in [-0.15, -0.1) is 0 Å². The van der Waals surface area contributed by atoms with Crippen molar-refractivity contribution in [2.24, 2.45) is 0 Å². The van der Waals surface area contributed by atoms with Gasteiger partial charge in [0.25, 0.3) is 0 Å². The molecule has 2 aromatic rings. The van der Waals surface area contributed by atoms with Gasteiger partial charge in [0.2, 0.25) is 10.0 Å². The topological polar surface area (TPSA) is 82.9 Å². The Kier molecular flexibility index (Phi) is 4.50. The van der Waals surface area contributed by atoms with Crippen molar-refractivity contribution in [1.82, 2.24) is 4.98 Å². The fourth-order valence-electron chi connectivity index (χ4n) is 1.67. The van der Waals surface area contributed by atoms with Gasteiger partial charge in [-0.05, 0) is 30.3 Å². The summed E-state index contributed by atoms with van der Waals surface area (Å²) in [5.41, 5.74) is 0.599. The van der Waals surface area contributed by atoms with Crippen LogP contribution in [0.2, 0.25) is 0 Å². The Bertz CT molecular complexity index is 771. The lowest BCUT2D eigenvalue weighted by Crippen LogP contribution is -2.19. The van der Waals surface area contributed by atoms with E-state index in [1.165, 1.54) is 12.1 Å². The zero-order valence-corrected chi connectivity index (χ0v) is 11.8. The van der Waals surface area contributed by atoms with E-state index in [9.17, 15) is 12.8 Å². The van der Waals surface area contributed by atoms with Crippen molar-refractivity contribution in [2.75, 3.05) is 10.5 Å². The first-order chi connectivity index (χ1) is 10.00. The van der Waals surface area contributed by atoms with E-state index in [0.29, 0.717) is 5.69 Å². The van der Waals surface area contributed by atoms with Crippen LogP contribution in [0.3, 0.4) is 0 Å². The Labute approximate surface area is 122 Å². The highest BCUT2D eigenvalue weighted by Gasteiger charge is 2.14. The van der Waals surface area contributed by atoms with Crippen molar-refractivity contribution < 1.29 is 12.8 Å². The number of halogens is 1. The third-order valence-electron chi connectivity index (χ3n) is 2.72. The molecule has 0 unspecified atom stereocenters. The van der Waals surface area contributed by atoms with Gasteiger partial charge in [0, 0.05) is 18.3 Å². The summed E-state index contributed by atoms with van der Waals surface area (Å²) >= 11 is 0. The second kappa shape index (κ2) is 6.33. The Morgan fingerprint density at radius 3 is 2.71 bits per heavy atom. The minimum atomic E-state index is -3.69. The number of hydrogen-bond donors (Lipinski definition) is 1. The molecule has 1 aromatic carbocycles. The van der Waals surface area contributed by atoms with Crippen LogP contribution in [0.5, 0.6) is 0 Å². The molecule has 5 nitrogen and oxygen atoms in total. The number of hydrogen-bond acceptors (Lipinski definition) is 4. The summed E-state index contributed by atoms with van der Waals surface area (Å²) in [5.74, 6) is -0.987. The molecule has 7 heteroatoms. The van der Waals surface area contributed by atoms with E-state index in [2.05, 4.69) is 9.71 Å². The largest absolute Gasteiger partial charge is 0.281 e. The number of nitrogens with one attached hydrogen (secondary N) is 1. The fraction of sp³-hybridized carbons (Fsp3) is 0.143. The molecule has 0 bridgehead atoms. The first-order valence-electron chi connectivity index (χ1n) is 6.10. The van der Waals surface area contributed by atoms with Crippen LogP contribution in [0.15, 0.2) is 42.6 Å². The normalized spacial score (nSPS) is 10.9. The number of aromatic nitrogens is 1. The number of nitrogens with zero attached hydrogens (tertiary/aromatic N) is 2. The lowest BCUT2D eigenvalue weighted by atomic mass is 10.2.